The van der Waals surface area contributed by atoms with Crippen molar-refractivity contribution in [3.05, 3.63) is 58.6 Å². The maximum Gasteiger partial charge on any atom is 0.339 e. The summed E-state index contributed by atoms with van der Waals surface area (Å²) in [7, 11) is -3.97. The zero-order chi connectivity index (χ0) is 15.5. The molecule has 7 heteroatoms. The van der Waals surface area contributed by atoms with Crippen molar-refractivity contribution in [1.82, 2.24) is 0 Å². The topological polar surface area (TPSA) is 76.0 Å². The number of hydrogen-bond acceptors (Lipinski definition) is 5. The SMILES string of the molecule is Cc1ccc(S(=O)(=O)Oc2ccc(Cl)cc2/C=N\O)cc1. The highest BCUT2D eigenvalue weighted by Gasteiger charge is 2.18. The zero-order valence-corrected chi connectivity index (χ0v) is 12.6. The van der Waals surface area contributed by atoms with Gasteiger partial charge in [-0.15, -0.1) is 0 Å². The van der Waals surface area contributed by atoms with E-state index in [1.807, 2.05) is 6.92 Å². The lowest BCUT2D eigenvalue weighted by Gasteiger charge is -2.09. The van der Waals surface area contributed by atoms with Gasteiger partial charge in [0, 0.05) is 10.6 Å². The maximum atomic E-state index is 12.2. The fourth-order valence-electron chi connectivity index (χ4n) is 1.63. The Bertz CT molecular complexity index is 770. The van der Waals surface area contributed by atoms with Gasteiger partial charge in [-0.3, -0.25) is 0 Å². The van der Waals surface area contributed by atoms with E-state index in [1.54, 1.807) is 12.1 Å². The summed E-state index contributed by atoms with van der Waals surface area (Å²) in [4.78, 5) is 0.0370. The van der Waals surface area contributed by atoms with Gasteiger partial charge in [-0.2, -0.15) is 8.42 Å². The van der Waals surface area contributed by atoms with E-state index in [4.69, 9.17) is 21.0 Å². The molecule has 0 saturated heterocycles. The molecule has 0 heterocycles. The van der Waals surface area contributed by atoms with Crippen LogP contribution in [-0.4, -0.2) is 19.8 Å². The first kappa shape index (κ1) is 15.3. The molecule has 0 bridgehead atoms. The van der Waals surface area contributed by atoms with Gasteiger partial charge in [0.15, 0.2) is 5.75 Å². The molecule has 0 amide bonds. The molecule has 0 aliphatic rings. The summed E-state index contributed by atoms with van der Waals surface area (Å²) < 4.78 is 29.5. The highest BCUT2D eigenvalue weighted by Crippen LogP contribution is 2.25. The van der Waals surface area contributed by atoms with Crippen molar-refractivity contribution < 1.29 is 17.8 Å². The Morgan fingerprint density at radius 1 is 1.19 bits per heavy atom. The van der Waals surface area contributed by atoms with Gasteiger partial charge in [-0.1, -0.05) is 34.5 Å². The predicted molar refractivity (Wildman–Crippen MR) is 79.8 cm³/mol. The van der Waals surface area contributed by atoms with Gasteiger partial charge in [0.1, 0.15) is 4.90 Å². The lowest BCUT2D eigenvalue weighted by Crippen LogP contribution is -2.11. The van der Waals surface area contributed by atoms with Gasteiger partial charge in [-0.05, 0) is 37.3 Å². The van der Waals surface area contributed by atoms with E-state index in [2.05, 4.69) is 5.16 Å². The van der Waals surface area contributed by atoms with Crippen LogP contribution >= 0.6 is 11.6 Å². The lowest BCUT2D eigenvalue weighted by atomic mass is 10.2. The third-order valence-corrected chi connectivity index (χ3v) is 4.16. The van der Waals surface area contributed by atoms with Crippen LogP contribution in [0.25, 0.3) is 0 Å². The molecule has 110 valence electrons. The third-order valence-electron chi connectivity index (χ3n) is 2.68. The Balaban J connectivity index is 2.39. The Labute approximate surface area is 127 Å². The fraction of sp³-hybridized carbons (Fsp3) is 0.0714. The second-order valence-electron chi connectivity index (χ2n) is 4.28. The Hall–Kier alpha value is -2.05. The highest BCUT2D eigenvalue weighted by atomic mass is 35.5. The second kappa shape index (κ2) is 6.15. The number of halogens is 1. The molecule has 0 aromatic heterocycles. The molecule has 5 nitrogen and oxygen atoms in total. The van der Waals surface area contributed by atoms with E-state index in [9.17, 15) is 8.42 Å². The third kappa shape index (κ3) is 3.74. The molecule has 2 aromatic rings. The van der Waals surface area contributed by atoms with E-state index in [1.165, 1.54) is 30.3 Å². The number of hydrogen-bond donors (Lipinski definition) is 1. The van der Waals surface area contributed by atoms with Crippen LogP contribution in [0, 0.1) is 6.92 Å². The molecule has 21 heavy (non-hydrogen) atoms. The number of rotatable bonds is 4. The zero-order valence-electron chi connectivity index (χ0n) is 11.0. The van der Waals surface area contributed by atoms with Gasteiger partial charge >= 0.3 is 10.1 Å². The molecule has 0 radical (unpaired) electrons. The molecule has 0 atom stereocenters. The van der Waals surface area contributed by atoms with Crippen LogP contribution in [0.3, 0.4) is 0 Å². The summed E-state index contributed by atoms with van der Waals surface area (Å²) in [5.74, 6) is 0.0257. The van der Waals surface area contributed by atoms with Crippen LogP contribution in [0.4, 0.5) is 0 Å². The smallest absolute Gasteiger partial charge is 0.339 e. The average molecular weight is 326 g/mol. The fourth-order valence-corrected chi connectivity index (χ4v) is 2.76. The van der Waals surface area contributed by atoms with Gasteiger partial charge < -0.3 is 9.39 Å². The molecule has 0 saturated carbocycles. The Morgan fingerprint density at radius 3 is 2.48 bits per heavy atom. The van der Waals surface area contributed by atoms with Gasteiger partial charge in [0.05, 0.1) is 6.21 Å². The molecule has 0 spiro atoms. The summed E-state index contributed by atoms with van der Waals surface area (Å²) in [5, 5.41) is 11.8. The Morgan fingerprint density at radius 2 is 1.86 bits per heavy atom. The predicted octanol–water partition coefficient (Wildman–Crippen LogP) is 3.22. The standard InChI is InChI=1S/C14H12ClNO4S/c1-10-2-5-13(6-3-10)21(18,19)20-14-7-4-12(15)8-11(14)9-16-17/h2-9,17H,1H3/b16-9-. The van der Waals surface area contributed by atoms with Crippen LogP contribution in [0.5, 0.6) is 5.75 Å². The van der Waals surface area contributed by atoms with Crippen LogP contribution in [0.2, 0.25) is 5.02 Å². The number of aryl methyl sites for hydroxylation is 1. The monoisotopic (exact) mass is 325 g/mol. The number of nitrogens with zero attached hydrogens (tertiary/aromatic N) is 1. The Kier molecular flexibility index (Phi) is 4.50. The normalized spacial score (nSPS) is 11.7. The molecule has 2 aromatic carbocycles. The van der Waals surface area contributed by atoms with Gasteiger partial charge in [0.25, 0.3) is 0 Å². The summed E-state index contributed by atoms with van der Waals surface area (Å²) in [6, 6.07) is 10.6. The van der Waals surface area contributed by atoms with E-state index in [-0.39, 0.29) is 16.2 Å². The summed E-state index contributed by atoms with van der Waals surface area (Å²) in [6.45, 7) is 1.85. The first-order valence-electron chi connectivity index (χ1n) is 5.90. The van der Waals surface area contributed by atoms with Crippen molar-refractivity contribution in [2.45, 2.75) is 11.8 Å². The largest absolute Gasteiger partial charge is 0.411 e. The van der Waals surface area contributed by atoms with Crippen molar-refractivity contribution in [2.24, 2.45) is 5.16 Å². The van der Waals surface area contributed by atoms with E-state index >= 15 is 0 Å². The van der Waals surface area contributed by atoms with Crippen LogP contribution in [-0.2, 0) is 10.1 Å². The maximum absolute atomic E-state index is 12.2. The van der Waals surface area contributed by atoms with Crippen molar-refractivity contribution in [3.63, 3.8) is 0 Å². The van der Waals surface area contributed by atoms with Crippen molar-refractivity contribution in [1.29, 1.82) is 0 Å². The van der Waals surface area contributed by atoms with Crippen LogP contribution in [0.1, 0.15) is 11.1 Å². The van der Waals surface area contributed by atoms with Gasteiger partial charge in [-0.25, -0.2) is 0 Å². The minimum absolute atomic E-state index is 0.0257. The molecular weight excluding hydrogens is 314 g/mol. The van der Waals surface area contributed by atoms with E-state index in [0.717, 1.165) is 11.8 Å². The molecule has 0 aliphatic carbocycles. The molecule has 0 aliphatic heterocycles. The summed E-state index contributed by atoms with van der Waals surface area (Å²) >= 11 is 5.81. The second-order valence-corrected chi connectivity index (χ2v) is 6.26. The molecule has 0 fully saturated rings. The van der Waals surface area contributed by atoms with Crippen molar-refractivity contribution in [3.8, 4) is 5.75 Å². The van der Waals surface area contributed by atoms with Crippen molar-refractivity contribution in [2.75, 3.05) is 0 Å². The molecule has 0 unspecified atom stereocenters. The molecule has 2 rings (SSSR count). The first-order valence-corrected chi connectivity index (χ1v) is 7.69. The first-order chi connectivity index (χ1) is 9.92. The van der Waals surface area contributed by atoms with E-state index in [0.29, 0.717) is 5.02 Å². The quantitative estimate of drug-likeness (QED) is 0.405. The van der Waals surface area contributed by atoms with Crippen LogP contribution < -0.4 is 4.18 Å². The van der Waals surface area contributed by atoms with Gasteiger partial charge in [0.2, 0.25) is 0 Å². The highest BCUT2D eigenvalue weighted by molar-refractivity contribution is 7.87. The molecular formula is C14H12ClNO4S. The average Bonchev–Trinajstić information content (AvgIpc) is 2.42. The number of benzene rings is 2. The van der Waals surface area contributed by atoms with E-state index < -0.39 is 10.1 Å². The summed E-state index contributed by atoms with van der Waals surface area (Å²) in [5.41, 5.74) is 1.19. The molecule has 1 N–H and O–H groups in total. The minimum atomic E-state index is -3.97. The number of oxime groups is 1. The minimum Gasteiger partial charge on any atom is -0.411 e. The van der Waals surface area contributed by atoms with Crippen LogP contribution in [0.15, 0.2) is 52.5 Å². The summed E-state index contributed by atoms with van der Waals surface area (Å²) in [6.07, 6.45) is 1.05. The van der Waals surface area contributed by atoms with Crippen molar-refractivity contribution >= 4 is 27.9 Å². The lowest BCUT2D eigenvalue weighted by molar-refractivity contribution is 0.321.